The fourth-order valence-corrected chi connectivity index (χ4v) is 2.93. The predicted molar refractivity (Wildman–Crippen MR) is 90.2 cm³/mol. The van der Waals surface area contributed by atoms with Gasteiger partial charge in [-0.3, -0.25) is 4.79 Å². The summed E-state index contributed by atoms with van der Waals surface area (Å²) in [6, 6.07) is 7.38. The largest absolute Gasteiger partial charge is 0.464 e. The van der Waals surface area contributed by atoms with Gasteiger partial charge in [-0.15, -0.1) is 0 Å². The van der Waals surface area contributed by atoms with E-state index in [1.54, 1.807) is 36.6 Å². The van der Waals surface area contributed by atoms with E-state index >= 15 is 0 Å². The Morgan fingerprint density at radius 3 is 2.96 bits per heavy atom. The topological polar surface area (TPSA) is 77.1 Å². The number of pyridine rings is 1. The van der Waals surface area contributed by atoms with E-state index in [4.69, 9.17) is 4.42 Å². The normalized spacial score (nSPS) is 19.0. The summed E-state index contributed by atoms with van der Waals surface area (Å²) in [5, 5.41) is 4.03. The lowest BCUT2D eigenvalue weighted by molar-refractivity contribution is 0.0774. The molecule has 3 aromatic heterocycles. The molecule has 0 N–H and O–H groups in total. The summed E-state index contributed by atoms with van der Waals surface area (Å²) in [7, 11) is 1.76. The lowest BCUT2D eigenvalue weighted by atomic mass is 10.2. The molecule has 4 rings (SSSR count). The first-order valence-electron chi connectivity index (χ1n) is 8.27. The molecule has 0 spiro atoms. The highest BCUT2D eigenvalue weighted by Gasteiger charge is 2.36. The van der Waals surface area contributed by atoms with Gasteiger partial charge in [0, 0.05) is 24.7 Å². The molecule has 0 aromatic carbocycles. The number of amides is 1. The van der Waals surface area contributed by atoms with Crippen LogP contribution in [0.1, 0.15) is 41.1 Å². The number of carbonyl (C=O) groups is 1. The van der Waals surface area contributed by atoms with Crippen molar-refractivity contribution in [3.8, 4) is 5.82 Å². The molecule has 3 aromatic rings. The molecular formula is C18H19N5O2. The second-order valence-electron chi connectivity index (χ2n) is 6.53. The number of furan rings is 1. The Morgan fingerprint density at radius 2 is 2.24 bits per heavy atom. The second kappa shape index (κ2) is 6.16. The molecule has 128 valence electrons. The Labute approximate surface area is 145 Å². The van der Waals surface area contributed by atoms with Crippen LogP contribution < -0.4 is 0 Å². The van der Waals surface area contributed by atoms with Gasteiger partial charge in [0.05, 0.1) is 6.54 Å². The van der Waals surface area contributed by atoms with Crippen molar-refractivity contribution in [2.45, 2.75) is 25.8 Å². The van der Waals surface area contributed by atoms with E-state index in [0.29, 0.717) is 29.8 Å². The Hall–Kier alpha value is -2.96. The fraction of sp³-hybridized carbons (Fsp3) is 0.333. The third-order valence-electron chi connectivity index (χ3n) is 4.54. The van der Waals surface area contributed by atoms with Gasteiger partial charge in [0.25, 0.3) is 5.91 Å². The number of rotatable bonds is 5. The highest BCUT2D eigenvalue weighted by Crippen LogP contribution is 2.47. The van der Waals surface area contributed by atoms with Crippen molar-refractivity contribution in [2.75, 3.05) is 7.05 Å². The van der Waals surface area contributed by atoms with Gasteiger partial charge in [0.15, 0.2) is 5.82 Å². The molecule has 7 nitrogen and oxygen atoms in total. The maximum absolute atomic E-state index is 12.7. The molecule has 7 heteroatoms. The highest BCUT2D eigenvalue weighted by atomic mass is 16.3. The van der Waals surface area contributed by atoms with Crippen LogP contribution in [0.15, 0.2) is 47.5 Å². The Bertz CT molecular complexity index is 887. The Morgan fingerprint density at radius 1 is 1.40 bits per heavy atom. The van der Waals surface area contributed by atoms with Crippen molar-refractivity contribution < 1.29 is 9.21 Å². The van der Waals surface area contributed by atoms with Crippen LogP contribution in [-0.4, -0.2) is 37.6 Å². The van der Waals surface area contributed by atoms with Crippen LogP contribution >= 0.6 is 0 Å². The van der Waals surface area contributed by atoms with Gasteiger partial charge < -0.3 is 9.32 Å². The van der Waals surface area contributed by atoms with Gasteiger partial charge >= 0.3 is 0 Å². The second-order valence-corrected chi connectivity index (χ2v) is 6.53. The van der Waals surface area contributed by atoms with Crippen LogP contribution in [0.2, 0.25) is 0 Å². The first-order chi connectivity index (χ1) is 12.1. The van der Waals surface area contributed by atoms with E-state index in [1.165, 1.54) is 17.4 Å². The molecule has 25 heavy (non-hydrogen) atoms. The number of nitrogens with zero attached hydrogens (tertiary/aromatic N) is 5. The van der Waals surface area contributed by atoms with E-state index in [1.807, 2.05) is 12.1 Å². The first kappa shape index (κ1) is 15.6. The van der Waals surface area contributed by atoms with Crippen molar-refractivity contribution in [3.63, 3.8) is 0 Å². The van der Waals surface area contributed by atoms with Crippen LogP contribution in [0.5, 0.6) is 0 Å². The SMILES string of the molecule is CC1CC1c1ccc(CN(C)C(=O)c2ccnc(-n3cncn3)c2)o1. The van der Waals surface area contributed by atoms with Gasteiger partial charge in [-0.05, 0) is 36.6 Å². The monoisotopic (exact) mass is 337 g/mol. The van der Waals surface area contributed by atoms with Gasteiger partial charge in [-0.1, -0.05) is 6.92 Å². The number of hydrogen-bond acceptors (Lipinski definition) is 5. The summed E-state index contributed by atoms with van der Waals surface area (Å²) in [5.41, 5.74) is 0.547. The van der Waals surface area contributed by atoms with Gasteiger partial charge in [0.1, 0.15) is 24.2 Å². The zero-order valence-electron chi connectivity index (χ0n) is 14.2. The van der Waals surface area contributed by atoms with Crippen molar-refractivity contribution >= 4 is 5.91 Å². The predicted octanol–water partition coefficient (Wildman–Crippen LogP) is 2.65. The summed E-state index contributed by atoms with van der Waals surface area (Å²) >= 11 is 0. The molecule has 1 amide bonds. The molecule has 0 bridgehead atoms. The minimum atomic E-state index is -0.0958. The zero-order valence-corrected chi connectivity index (χ0v) is 14.2. The molecule has 2 atom stereocenters. The molecule has 1 aliphatic rings. The lowest BCUT2D eigenvalue weighted by Crippen LogP contribution is -2.26. The molecule has 3 heterocycles. The van der Waals surface area contributed by atoms with Gasteiger partial charge in [-0.2, -0.15) is 5.10 Å². The average molecular weight is 337 g/mol. The maximum Gasteiger partial charge on any atom is 0.254 e. The Balaban J connectivity index is 1.47. The number of aromatic nitrogens is 4. The molecule has 0 saturated heterocycles. The quantitative estimate of drug-likeness (QED) is 0.715. The third kappa shape index (κ3) is 3.17. The van der Waals surface area contributed by atoms with E-state index in [0.717, 1.165) is 11.5 Å². The van der Waals surface area contributed by atoms with E-state index in [-0.39, 0.29) is 5.91 Å². The van der Waals surface area contributed by atoms with Crippen molar-refractivity contribution in [1.29, 1.82) is 0 Å². The van der Waals surface area contributed by atoms with Crippen LogP contribution in [0, 0.1) is 5.92 Å². The van der Waals surface area contributed by atoms with E-state index in [9.17, 15) is 4.79 Å². The van der Waals surface area contributed by atoms with E-state index in [2.05, 4.69) is 22.0 Å². The summed E-state index contributed by atoms with van der Waals surface area (Å²) in [6.45, 7) is 2.65. The smallest absolute Gasteiger partial charge is 0.254 e. The first-order valence-corrected chi connectivity index (χ1v) is 8.27. The fourth-order valence-electron chi connectivity index (χ4n) is 2.93. The third-order valence-corrected chi connectivity index (χ3v) is 4.54. The number of hydrogen-bond donors (Lipinski definition) is 0. The number of carbonyl (C=O) groups excluding carboxylic acids is 1. The standard InChI is InChI=1S/C18H19N5O2/c1-12-7-15(12)16-4-3-14(25-16)9-22(2)18(24)13-5-6-20-17(8-13)23-11-19-10-21-23/h3-6,8,10-12,15H,7,9H2,1-2H3. The molecule has 0 aliphatic heterocycles. The van der Waals surface area contributed by atoms with Crippen molar-refractivity contribution in [3.05, 3.63) is 60.2 Å². The summed E-state index contributed by atoms with van der Waals surface area (Å²) in [4.78, 5) is 22.4. The van der Waals surface area contributed by atoms with Crippen LogP contribution in [0.25, 0.3) is 5.82 Å². The highest BCUT2D eigenvalue weighted by molar-refractivity contribution is 5.94. The molecule has 1 fully saturated rings. The van der Waals surface area contributed by atoms with Crippen LogP contribution in [0.4, 0.5) is 0 Å². The minimum absolute atomic E-state index is 0.0958. The molecular weight excluding hydrogens is 318 g/mol. The van der Waals surface area contributed by atoms with Crippen LogP contribution in [-0.2, 0) is 6.54 Å². The van der Waals surface area contributed by atoms with E-state index < -0.39 is 0 Å². The summed E-state index contributed by atoms with van der Waals surface area (Å²) in [5.74, 6) is 3.53. The van der Waals surface area contributed by atoms with Crippen molar-refractivity contribution in [1.82, 2.24) is 24.6 Å². The minimum Gasteiger partial charge on any atom is -0.464 e. The lowest BCUT2D eigenvalue weighted by Gasteiger charge is -2.16. The maximum atomic E-state index is 12.7. The molecule has 2 unspecified atom stereocenters. The van der Waals surface area contributed by atoms with Crippen molar-refractivity contribution in [2.24, 2.45) is 5.92 Å². The van der Waals surface area contributed by atoms with Crippen LogP contribution in [0.3, 0.4) is 0 Å². The zero-order chi connectivity index (χ0) is 17.4. The molecule has 0 radical (unpaired) electrons. The average Bonchev–Trinajstić information content (AvgIpc) is 3.05. The summed E-state index contributed by atoms with van der Waals surface area (Å²) in [6.07, 6.45) is 5.75. The Kier molecular flexibility index (Phi) is 3.83. The molecule has 1 aliphatic carbocycles. The summed E-state index contributed by atoms with van der Waals surface area (Å²) < 4.78 is 7.41. The van der Waals surface area contributed by atoms with Gasteiger partial charge in [0.2, 0.25) is 0 Å². The molecule has 1 saturated carbocycles. The van der Waals surface area contributed by atoms with Gasteiger partial charge in [-0.25, -0.2) is 14.6 Å².